The van der Waals surface area contributed by atoms with Gasteiger partial charge < -0.3 is 10.1 Å². The minimum atomic E-state index is -0.425. The predicted octanol–water partition coefficient (Wildman–Crippen LogP) is 3.14. The van der Waals surface area contributed by atoms with Gasteiger partial charge in [-0.15, -0.1) is 0 Å². The first-order chi connectivity index (χ1) is 12.7. The maximum atomic E-state index is 13.4. The smallest absolute Gasteiger partial charge is 0.223 e. The number of carbonyl (C=O) groups is 1. The molecule has 0 aliphatic carbocycles. The van der Waals surface area contributed by atoms with Crippen molar-refractivity contribution in [2.24, 2.45) is 0 Å². The monoisotopic (exact) mass is 353 g/mol. The van der Waals surface area contributed by atoms with E-state index in [2.05, 4.69) is 10.4 Å². The highest BCUT2D eigenvalue weighted by Crippen LogP contribution is 2.15. The molecular weight excluding hydrogens is 333 g/mol. The topological polar surface area (TPSA) is 56.1 Å². The van der Waals surface area contributed by atoms with Crippen molar-refractivity contribution in [2.45, 2.75) is 12.8 Å². The summed E-state index contributed by atoms with van der Waals surface area (Å²) in [6.45, 7) is 0.685. The van der Waals surface area contributed by atoms with Crippen LogP contribution in [-0.2, 0) is 11.2 Å². The van der Waals surface area contributed by atoms with E-state index in [1.807, 2.05) is 36.5 Å². The van der Waals surface area contributed by atoms with Crippen molar-refractivity contribution in [1.82, 2.24) is 15.1 Å². The van der Waals surface area contributed by atoms with Gasteiger partial charge in [0.1, 0.15) is 0 Å². The minimum absolute atomic E-state index is 0.116. The molecular formula is C20H20FN3O2. The Kier molecular flexibility index (Phi) is 5.98. The summed E-state index contributed by atoms with van der Waals surface area (Å²) >= 11 is 0. The largest absolute Gasteiger partial charge is 0.490 e. The van der Waals surface area contributed by atoms with Crippen molar-refractivity contribution < 1.29 is 13.9 Å². The van der Waals surface area contributed by atoms with Crippen LogP contribution in [0.1, 0.15) is 12.0 Å². The minimum Gasteiger partial charge on any atom is -0.490 e. The molecule has 1 N–H and O–H groups in total. The van der Waals surface area contributed by atoms with Crippen molar-refractivity contribution in [3.05, 3.63) is 78.4 Å². The normalized spacial score (nSPS) is 10.5. The van der Waals surface area contributed by atoms with Gasteiger partial charge in [0, 0.05) is 18.9 Å². The quantitative estimate of drug-likeness (QED) is 0.677. The van der Waals surface area contributed by atoms with Gasteiger partial charge in [-0.3, -0.25) is 4.79 Å². The Morgan fingerprint density at radius 1 is 1.12 bits per heavy atom. The third kappa shape index (κ3) is 4.92. The molecule has 1 heterocycles. The van der Waals surface area contributed by atoms with E-state index in [9.17, 15) is 9.18 Å². The van der Waals surface area contributed by atoms with Crippen LogP contribution >= 0.6 is 0 Å². The summed E-state index contributed by atoms with van der Waals surface area (Å²) in [6.07, 6.45) is 4.55. The molecule has 3 rings (SSSR count). The lowest BCUT2D eigenvalue weighted by Gasteiger charge is -2.08. The van der Waals surface area contributed by atoms with Gasteiger partial charge in [-0.05, 0) is 42.3 Å². The summed E-state index contributed by atoms with van der Waals surface area (Å²) in [7, 11) is 0. The van der Waals surface area contributed by atoms with Crippen LogP contribution in [0.3, 0.4) is 0 Å². The molecule has 0 unspecified atom stereocenters. The number of rotatable bonds is 8. The molecule has 5 nitrogen and oxygen atoms in total. The third-order valence-electron chi connectivity index (χ3n) is 3.86. The number of nitrogens with zero attached hydrogens (tertiary/aromatic N) is 2. The highest BCUT2D eigenvalue weighted by atomic mass is 19.1. The molecule has 2 aromatic carbocycles. The molecule has 134 valence electrons. The molecule has 6 heteroatoms. The van der Waals surface area contributed by atoms with Gasteiger partial charge in [0.05, 0.1) is 18.7 Å². The van der Waals surface area contributed by atoms with E-state index in [1.54, 1.807) is 29.1 Å². The number of hydrogen-bond acceptors (Lipinski definition) is 3. The molecule has 0 fully saturated rings. The number of amides is 1. The molecule has 0 radical (unpaired) electrons. The Labute approximate surface area is 151 Å². The average Bonchev–Trinajstić information content (AvgIpc) is 3.19. The lowest BCUT2D eigenvalue weighted by atomic mass is 10.1. The van der Waals surface area contributed by atoms with Crippen molar-refractivity contribution in [2.75, 3.05) is 13.2 Å². The highest BCUT2D eigenvalue weighted by Gasteiger charge is 2.05. The van der Waals surface area contributed by atoms with Crippen LogP contribution in [0.5, 0.6) is 5.75 Å². The lowest BCUT2D eigenvalue weighted by Crippen LogP contribution is -2.27. The zero-order chi connectivity index (χ0) is 18.2. The van der Waals surface area contributed by atoms with Gasteiger partial charge in [0.15, 0.2) is 11.6 Å². The fourth-order valence-corrected chi connectivity index (χ4v) is 2.49. The van der Waals surface area contributed by atoms with Crippen LogP contribution in [0.15, 0.2) is 67.0 Å². The number of ether oxygens (including phenoxy) is 1. The van der Waals surface area contributed by atoms with Gasteiger partial charge in [-0.1, -0.05) is 24.3 Å². The van der Waals surface area contributed by atoms with E-state index in [0.717, 1.165) is 17.7 Å². The van der Waals surface area contributed by atoms with Crippen LogP contribution < -0.4 is 10.1 Å². The second kappa shape index (κ2) is 8.80. The van der Waals surface area contributed by atoms with E-state index in [4.69, 9.17) is 4.74 Å². The summed E-state index contributed by atoms with van der Waals surface area (Å²) in [4.78, 5) is 11.8. The van der Waals surface area contributed by atoms with E-state index >= 15 is 0 Å². The van der Waals surface area contributed by atoms with Crippen molar-refractivity contribution in [3.63, 3.8) is 0 Å². The number of hydrogen-bond donors (Lipinski definition) is 1. The second-order valence-corrected chi connectivity index (χ2v) is 5.75. The van der Waals surface area contributed by atoms with Gasteiger partial charge in [0.25, 0.3) is 0 Å². The van der Waals surface area contributed by atoms with E-state index in [0.29, 0.717) is 6.54 Å². The third-order valence-corrected chi connectivity index (χ3v) is 3.86. The standard InChI is InChI=1S/C20H20FN3O2/c21-18-4-1-2-5-19(18)26-15-11-20(25)22-13-10-16-6-8-17(9-7-16)24-14-3-12-23-24/h1-9,12,14H,10-11,13,15H2,(H,22,25). The van der Waals surface area contributed by atoms with Gasteiger partial charge in [-0.25, -0.2) is 9.07 Å². The van der Waals surface area contributed by atoms with Crippen LogP contribution in [0.25, 0.3) is 5.69 Å². The fourth-order valence-electron chi connectivity index (χ4n) is 2.49. The van der Waals surface area contributed by atoms with Gasteiger partial charge in [-0.2, -0.15) is 5.10 Å². The first-order valence-electron chi connectivity index (χ1n) is 8.45. The molecule has 0 atom stereocenters. The van der Waals surface area contributed by atoms with Crippen LogP contribution in [0, 0.1) is 5.82 Å². The Morgan fingerprint density at radius 2 is 1.92 bits per heavy atom. The van der Waals surface area contributed by atoms with Crippen molar-refractivity contribution in [1.29, 1.82) is 0 Å². The summed E-state index contributed by atoms with van der Waals surface area (Å²) in [6, 6.07) is 16.0. The highest BCUT2D eigenvalue weighted by molar-refractivity contribution is 5.75. The van der Waals surface area contributed by atoms with Crippen molar-refractivity contribution >= 4 is 5.91 Å². The van der Waals surface area contributed by atoms with Gasteiger partial charge >= 0.3 is 0 Å². The zero-order valence-corrected chi connectivity index (χ0v) is 14.3. The number of carbonyl (C=O) groups excluding carboxylic acids is 1. The number of para-hydroxylation sites is 1. The fraction of sp³-hybridized carbons (Fsp3) is 0.200. The van der Waals surface area contributed by atoms with E-state index in [-0.39, 0.29) is 24.7 Å². The number of aromatic nitrogens is 2. The maximum absolute atomic E-state index is 13.4. The molecule has 26 heavy (non-hydrogen) atoms. The molecule has 0 aliphatic heterocycles. The Hall–Kier alpha value is -3.15. The zero-order valence-electron chi connectivity index (χ0n) is 14.3. The molecule has 0 saturated carbocycles. The SMILES string of the molecule is O=C(CCOc1ccccc1F)NCCc1ccc(-n2cccn2)cc1. The maximum Gasteiger partial charge on any atom is 0.223 e. The van der Waals surface area contributed by atoms with E-state index < -0.39 is 5.82 Å². The molecule has 0 saturated heterocycles. The Morgan fingerprint density at radius 3 is 2.65 bits per heavy atom. The average molecular weight is 353 g/mol. The molecule has 3 aromatic rings. The first-order valence-corrected chi connectivity index (χ1v) is 8.45. The van der Waals surface area contributed by atoms with Crippen LogP contribution in [0.2, 0.25) is 0 Å². The van der Waals surface area contributed by atoms with Crippen molar-refractivity contribution in [3.8, 4) is 11.4 Å². The summed E-state index contributed by atoms with van der Waals surface area (Å²) < 4.78 is 20.5. The summed E-state index contributed by atoms with van der Waals surface area (Å²) in [5.41, 5.74) is 2.12. The number of benzene rings is 2. The van der Waals surface area contributed by atoms with Gasteiger partial charge in [0.2, 0.25) is 5.91 Å². The molecule has 1 aromatic heterocycles. The van der Waals surface area contributed by atoms with Crippen LogP contribution in [-0.4, -0.2) is 28.8 Å². The second-order valence-electron chi connectivity index (χ2n) is 5.75. The first kappa shape index (κ1) is 17.7. The predicted molar refractivity (Wildman–Crippen MR) is 96.8 cm³/mol. The lowest BCUT2D eigenvalue weighted by molar-refractivity contribution is -0.121. The molecule has 0 spiro atoms. The summed E-state index contributed by atoms with van der Waals surface area (Å²) in [5.74, 6) is -0.376. The van der Waals surface area contributed by atoms with E-state index in [1.165, 1.54) is 6.07 Å². The number of nitrogens with one attached hydrogen (secondary N) is 1. The number of halogens is 1. The Bertz CT molecular complexity index is 833. The Balaban J connectivity index is 1.36. The van der Waals surface area contributed by atoms with Crippen LogP contribution in [0.4, 0.5) is 4.39 Å². The molecule has 1 amide bonds. The summed E-state index contributed by atoms with van der Waals surface area (Å²) in [5, 5.41) is 7.03. The molecule has 0 bridgehead atoms. The molecule has 0 aliphatic rings.